The van der Waals surface area contributed by atoms with E-state index in [1.165, 1.54) is 10.5 Å². The molecule has 0 amide bonds. The minimum absolute atomic E-state index is 0.281. The number of hydrogen-bond acceptors (Lipinski definition) is 4. The standard InChI is InChI=1S/C17H19IN3O2PS/c1-5-23-17(22)14-8-16(11(3)20(14)4)25-15-7-12-9-19-21(24-18)13(12)6-10(15)2/h6-9,24H,5H2,1-4H3. The monoisotopic (exact) mass is 487 g/mol. The summed E-state index contributed by atoms with van der Waals surface area (Å²) >= 11 is 4.01. The maximum Gasteiger partial charge on any atom is 0.354 e. The molecule has 5 nitrogen and oxygen atoms in total. The van der Waals surface area contributed by atoms with Crippen LogP contribution in [-0.4, -0.2) is 26.7 Å². The van der Waals surface area contributed by atoms with Crippen molar-refractivity contribution in [1.29, 1.82) is 0 Å². The first kappa shape index (κ1) is 18.7. The molecule has 2 aromatic heterocycles. The van der Waals surface area contributed by atoms with Crippen LogP contribution in [0.5, 0.6) is 0 Å². The molecule has 0 fully saturated rings. The van der Waals surface area contributed by atoms with Crippen LogP contribution in [0.2, 0.25) is 0 Å². The van der Waals surface area contributed by atoms with Crippen LogP contribution < -0.4 is 0 Å². The highest BCUT2D eigenvalue weighted by Crippen LogP contribution is 2.37. The minimum atomic E-state index is -0.281. The molecule has 3 rings (SSSR count). The SMILES string of the molecule is CCOC(=O)c1cc(Sc2cc3cnn(PI)c3cc2C)c(C)n1C. The second-order valence-electron chi connectivity index (χ2n) is 5.68. The molecule has 0 spiro atoms. The van der Waals surface area contributed by atoms with Crippen molar-refractivity contribution < 1.29 is 9.53 Å². The van der Waals surface area contributed by atoms with Gasteiger partial charge in [0.1, 0.15) is 5.69 Å². The summed E-state index contributed by atoms with van der Waals surface area (Å²) in [6, 6.07) is 6.27. The number of halogens is 1. The molecule has 1 atom stereocenters. The van der Waals surface area contributed by atoms with Gasteiger partial charge in [-0.3, -0.25) is 0 Å². The largest absolute Gasteiger partial charge is 0.461 e. The Labute approximate surface area is 165 Å². The summed E-state index contributed by atoms with van der Waals surface area (Å²) in [5.41, 5.74) is 4.00. The van der Waals surface area contributed by atoms with E-state index in [4.69, 9.17) is 4.74 Å². The van der Waals surface area contributed by atoms with Crippen LogP contribution in [0.25, 0.3) is 10.9 Å². The van der Waals surface area contributed by atoms with Crippen molar-refractivity contribution in [3.05, 3.63) is 41.3 Å². The lowest BCUT2D eigenvalue weighted by molar-refractivity contribution is 0.0515. The Morgan fingerprint density at radius 1 is 1.32 bits per heavy atom. The summed E-state index contributed by atoms with van der Waals surface area (Å²) in [5.74, 6) is -0.281. The molecule has 0 radical (unpaired) electrons. The van der Waals surface area contributed by atoms with Crippen molar-refractivity contribution in [1.82, 2.24) is 14.1 Å². The summed E-state index contributed by atoms with van der Waals surface area (Å²) in [6.07, 6.45) is 2.49. The number of esters is 1. The molecule has 0 aliphatic carbocycles. The first-order valence-corrected chi connectivity index (χ1v) is 12.7. The van der Waals surface area contributed by atoms with Crippen LogP contribution in [0, 0.1) is 13.8 Å². The molecular weight excluding hydrogens is 468 g/mol. The average molecular weight is 487 g/mol. The second kappa shape index (κ2) is 7.68. The van der Waals surface area contributed by atoms with E-state index in [1.54, 1.807) is 11.8 Å². The quantitative estimate of drug-likeness (QED) is 0.285. The number of carbonyl (C=O) groups excluding carboxylic acids is 1. The number of carbonyl (C=O) groups is 1. The zero-order valence-electron chi connectivity index (χ0n) is 14.5. The first-order chi connectivity index (χ1) is 12.0. The van der Waals surface area contributed by atoms with E-state index in [0.717, 1.165) is 21.5 Å². The molecule has 0 saturated carbocycles. The first-order valence-electron chi connectivity index (χ1n) is 7.82. The van der Waals surface area contributed by atoms with Crippen molar-refractivity contribution >= 4 is 57.0 Å². The second-order valence-corrected chi connectivity index (χ2v) is 8.80. The van der Waals surface area contributed by atoms with Crippen LogP contribution >= 0.6 is 40.2 Å². The van der Waals surface area contributed by atoms with E-state index in [-0.39, 0.29) is 5.97 Å². The van der Waals surface area contributed by atoms with Crippen LogP contribution in [0.4, 0.5) is 0 Å². The number of rotatable bonds is 5. The van der Waals surface area contributed by atoms with Gasteiger partial charge in [0.2, 0.25) is 0 Å². The maximum atomic E-state index is 12.1. The number of ether oxygens (including phenoxy) is 1. The molecule has 2 heterocycles. The molecule has 0 N–H and O–H groups in total. The summed E-state index contributed by atoms with van der Waals surface area (Å²) in [6.45, 7) is 6.33. The van der Waals surface area contributed by atoms with E-state index >= 15 is 0 Å². The molecular formula is C17H19IN3O2PS. The molecule has 132 valence electrons. The Balaban J connectivity index is 1.97. The lowest BCUT2D eigenvalue weighted by Gasteiger charge is -2.07. The van der Waals surface area contributed by atoms with E-state index in [2.05, 4.69) is 46.2 Å². The highest BCUT2D eigenvalue weighted by molar-refractivity contribution is 14.2. The van der Waals surface area contributed by atoms with Gasteiger partial charge in [0.25, 0.3) is 0 Å². The molecule has 0 saturated heterocycles. The van der Waals surface area contributed by atoms with Gasteiger partial charge in [0, 0.05) is 27.9 Å². The number of fused-ring (bicyclic) bond motifs is 1. The number of benzene rings is 1. The molecule has 0 aliphatic heterocycles. The molecule has 3 aromatic rings. The fraction of sp³-hybridized carbons (Fsp3) is 0.294. The Hall–Kier alpha value is -1.05. The number of nitrogens with zero attached hydrogens (tertiary/aromatic N) is 3. The summed E-state index contributed by atoms with van der Waals surface area (Å²) in [7, 11) is 1.90. The van der Waals surface area contributed by atoms with Gasteiger partial charge >= 0.3 is 5.97 Å². The molecule has 8 heteroatoms. The fourth-order valence-electron chi connectivity index (χ4n) is 2.63. The third-order valence-electron chi connectivity index (χ3n) is 4.14. The van der Waals surface area contributed by atoms with Crippen molar-refractivity contribution in [2.75, 3.05) is 6.61 Å². The van der Waals surface area contributed by atoms with Gasteiger partial charge in [-0.05, 0) is 66.6 Å². The van der Waals surface area contributed by atoms with Gasteiger partial charge in [-0.15, -0.1) is 0 Å². The van der Waals surface area contributed by atoms with Crippen LogP contribution in [-0.2, 0) is 11.8 Å². The van der Waals surface area contributed by atoms with Crippen LogP contribution in [0.15, 0.2) is 34.2 Å². The summed E-state index contributed by atoms with van der Waals surface area (Å²) in [5, 5.41) is 5.57. The van der Waals surface area contributed by atoms with Crippen molar-refractivity contribution in [3.8, 4) is 0 Å². The lowest BCUT2D eigenvalue weighted by Crippen LogP contribution is -2.10. The Kier molecular flexibility index (Phi) is 5.75. The number of aromatic nitrogens is 3. The van der Waals surface area contributed by atoms with Crippen molar-refractivity contribution in [3.63, 3.8) is 0 Å². The van der Waals surface area contributed by atoms with Crippen LogP contribution in [0.1, 0.15) is 28.7 Å². The Morgan fingerprint density at radius 3 is 2.76 bits per heavy atom. The van der Waals surface area contributed by atoms with E-state index < -0.39 is 0 Å². The zero-order valence-corrected chi connectivity index (χ0v) is 18.4. The third-order valence-corrected chi connectivity index (χ3v) is 7.32. The van der Waals surface area contributed by atoms with Crippen molar-refractivity contribution in [2.24, 2.45) is 7.05 Å². The molecule has 1 aromatic carbocycles. The van der Waals surface area contributed by atoms with Crippen molar-refractivity contribution in [2.45, 2.75) is 30.6 Å². The lowest BCUT2D eigenvalue weighted by atomic mass is 10.2. The molecule has 25 heavy (non-hydrogen) atoms. The zero-order chi connectivity index (χ0) is 18.1. The maximum absolute atomic E-state index is 12.1. The predicted molar refractivity (Wildman–Crippen MR) is 112 cm³/mol. The fourth-order valence-corrected chi connectivity index (χ4v) is 5.27. The molecule has 0 bridgehead atoms. The van der Waals surface area contributed by atoms with Gasteiger partial charge in [-0.1, -0.05) is 11.8 Å². The Bertz CT molecular complexity index is 951. The minimum Gasteiger partial charge on any atom is -0.461 e. The average Bonchev–Trinajstić information content (AvgIpc) is 3.10. The predicted octanol–water partition coefficient (Wildman–Crippen LogP) is 5.11. The highest BCUT2D eigenvalue weighted by atomic mass is 127. The van der Waals surface area contributed by atoms with E-state index in [0.29, 0.717) is 18.7 Å². The summed E-state index contributed by atoms with van der Waals surface area (Å²) < 4.78 is 9.05. The van der Waals surface area contributed by atoms with E-state index in [9.17, 15) is 4.79 Å². The smallest absolute Gasteiger partial charge is 0.354 e. The van der Waals surface area contributed by atoms with E-state index in [1.807, 2.05) is 42.2 Å². The summed E-state index contributed by atoms with van der Waals surface area (Å²) in [4.78, 5) is 14.3. The highest BCUT2D eigenvalue weighted by Gasteiger charge is 2.18. The van der Waals surface area contributed by atoms with Gasteiger partial charge in [0.05, 0.1) is 24.7 Å². The van der Waals surface area contributed by atoms with Gasteiger partial charge in [-0.25, -0.2) is 9.25 Å². The molecule has 1 unspecified atom stereocenters. The molecule has 0 aliphatic rings. The van der Waals surface area contributed by atoms with Gasteiger partial charge in [-0.2, -0.15) is 5.10 Å². The topological polar surface area (TPSA) is 49.0 Å². The normalized spacial score (nSPS) is 11.7. The third kappa shape index (κ3) is 3.59. The number of aryl methyl sites for hydroxylation is 1. The van der Waals surface area contributed by atoms with Crippen LogP contribution in [0.3, 0.4) is 0 Å². The number of hydrogen-bond donors (Lipinski definition) is 0. The van der Waals surface area contributed by atoms with Gasteiger partial charge < -0.3 is 9.30 Å². The van der Waals surface area contributed by atoms with Gasteiger partial charge in [0.15, 0.2) is 0 Å². The Morgan fingerprint density at radius 2 is 2.08 bits per heavy atom.